The molecule has 6 nitrogen and oxygen atoms in total. The number of likely N-dealkylation sites (N-methyl/N-ethyl adjacent to an activating group) is 1. The molecule has 2 aromatic rings. The summed E-state index contributed by atoms with van der Waals surface area (Å²) in [5, 5.41) is 9.39. The molecule has 0 aromatic heterocycles. The lowest BCUT2D eigenvalue weighted by molar-refractivity contribution is -0.120. The van der Waals surface area contributed by atoms with Gasteiger partial charge >= 0.3 is 0 Å². The monoisotopic (exact) mass is 408 g/mol. The Labute approximate surface area is 177 Å². The number of rotatable bonds is 7. The van der Waals surface area contributed by atoms with Gasteiger partial charge in [-0.2, -0.15) is 0 Å². The number of imide groups is 1. The molecule has 1 aliphatic heterocycles. The van der Waals surface area contributed by atoms with E-state index in [0.717, 1.165) is 11.1 Å². The summed E-state index contributed by atoms with van der Waals surface area (Å²) in [6.07, 6.45) is 0.0380. The number of aliphatic hydroxyl groups excluding tert-OH is 1. The predicted octanol–water partition coefficient (Wildman–Crippen LogP) is 3.30. The van der Waals surface area contributed by atoms with E-state index in [4.69, 9.17) is 4.74 Å². The van der Waals surface area contributed by atoms with Crippen LogP contribution in [-0.2, 0) is 9.59 Å². The van der Waals surface area contributed by atoms with Gasteiger partial charge in [0.15, 0.2) is 0 Å². The van der Waals surface area contributed by atoms with E-state index in [0.29, 0.717) is 22.6 Å². The zero-order chi connectivity index (χ0) is 22.0. The van der Waals surface area contributed by atoms with Crippen LogP contribution in [0.1, 0.15) is 30.5 Å². The Kier molecular flexibility index (Phi) is 6.27. The number of nitrogens with zero attached hydrogens (tertiary/aromatic N) is 2. The normalized spacial score (nSPS) is 14.2. The molecule has 3 rings (SSSR count). The number of ether oxygens (including phenoxy) is 1. The lowest BCUT2D eigenvalue weighted by Crippen LogP contribution is -2.35. The molecule has 1 aliphatic rings. The maximum Gasteiger partial charge on any atom is 0.282 e. The van der Waals surface area contributed by atoms with E-state index < -0.39 is 5.91 Å². The van der Waals surface area contributed by atoms with E-state index in [1.165, 1.54) is 4.90 Å². The fourth-order valence-corrected chi connectivity index (χ4v) is 3.68. The van der Waals surface area contributed by atoms with Crippen LogP contribution in [0.5, 0.6) is 5.75 Å². The Balaban J connectivity index is 2.08. The molecule has 30 heavy (non-hydrogen) atoms. The summed E-state index contributed by atoms with van der Waals surface area (Å²) < 4.78 is 5.69. The zero-order valence-electron chi connectivity index (χ0n) is 18.1. The summed E-state index contributed by atoms with van der Waals surface area (Å²) in [6, 6.07) is 12.8. The number of aryl methyl sites for hydroxylation is 2. The van der Waals surface area contributed by atoms with Crippen molar-refractivity contribution >= 4 is 23.1 Å². The fraction of sp³-hybridized carbons (Fsp3) is 0.333. The first-order valence-corrected chi connectivity index (χ1v) is 10.0. The van der Waals surface area contributed by atoms with Gasteiger partial charge in [0.2, 0.25) is 0 Å². The number of hydrogen-bond acceptors (Lipinski definition) is 5. The van der Waals surface area contributed by atoms with Crippen molar-refractivity contribution in [1.29, 1.82) is 0 Å². The van der Waals surface area contributed by atoms with Gasteiger partial charge < -0.3 is 14.7 Å². The molecule has 2 aromatic carbocycles. The molecule has 0 saturated carbocycles. The summed E-state index contributed by atoms with van der Waals surface area (Å²) in [6.45, 7) is 7.87. The SMILES string of the molecule is Cc1cc(C)cc(N2C(=O)C(c3ccc(OC(C)C)cc3)=C(N(C)CCO)C2=O)c1. The first kappa shape index (κ1) is 21.6. The smallest absolute Gasteiger partial charge is 0.282 e. The zero-order valence-corrected chi connectivity index (χ0v) is 18.1. The summed E-state index contributed by atoms with van der Waals surface area (Å²) in [5.74, 6) is -0.0664. The predicted molar refractivity (Wildman–Crippen MR) is 117 cm³/mol. The molecular formula is C24H28N2O4. The molecule has 6 heteroatoms. The van der Waals surface area contributed by atoms with Crippen LogP contribution in [0.25, 0.3) is 5.57 Å². The van der Waals surface area contributed by atoms with Gasteiger partial charge in [-0.05, 0) is 68.7 Å². The molecule has 0 saturated heterocycles. The van der Waals surface area contributed by atoms with Crippen LogP contribution in [0.3, 0.4) is 0 Å². The van der Waals surface area contributed by atoms with E-state index in [1.807, 2.05) is 45.9 Å². The van der Waals surface area contributed by atoms with E-state index in [9.17, 15) is 14.7 Å². The third-order valence-electron chi connectivity index (χ3n) is 4.86. The van der Waals surface area contributed by atoms with Crippen LogP contribution < -0.4 is 9.64 Å². The Morgan fingerprint density at radius 1 is 1.00 bits per heavy atom. The number of amides is 2. The van der Waals surface area contributed by atoms with Crippen molar-refractivity contribution in [3.63, 3.8) is 0 Å². The van der Waals surface area contributed by atoms with Gasteiger partial charge in [-0.3, -0.25) is 9.59 Å². The molecule has 0 spiro atoms. The quantitative estimate of drug-likeness (QED) is 0.712. The van der Waals surface area contributed by atoms with Crippen molar-refractivity contribution in [3.8, 4) is 5.75 Å². The molecule has 0 aliphatic carbocycles. The number of hydrogen-bond donors (Lipinski definition) is 1. The lowest BCUT2D eigenvalue weighted by Gasteiger charge is -2.21. The van der Waals surface area contributed by atoms with Gasteiger partial charge in [-0.1, -0.05) is 18.2 Å². The Bertz CT molecular complexity index is 973. The van der Waals surface area contributed by atoms with Crippen molar-refractivity contribution < 1.29 is 19.4 Å². The third kappa shape index (κ3) is 4.24. The van der Waals surface area contributed by atoms with Crippen LogP contribution in [-0.4, -0.2) is 48.1 Å². The van der Waals surface area contributed by atoms with Crippen molar-refractivity contribution in [2.24, 2.45) is 0 Å². The molecule has 158 valence electrons. The van der Waals surface area contributed by atoms with Crippen LogP contribution >= 0.6 is 0 Å². The second-order valence-corrected chi connectivity index (χ2v) is 7.85. The maximum absolute atomic E-state index is 13.4. The number of carbonyl (C=O) groups excluding carboxylic acids is 2. The number of benzene rings is 2. The Morgan fingerprint density at radius 3 is 2.13 bits per heavy atom. The Hall–Kier alpha value is -3.12. The number of aliphatic hydroxyl groups is 1. The summed E-state index contributed by atoms with van der Waals surface area (Å²) in [7, 11) is 1.71. The summed E-state index contributed by atoms with van der Waals surface area (Å²) in [4.78, 5) is 29.7. The van der Waals surface area contributed by atoms with Gasteiger partial charge in [-0.15, -0.1) is 0 Å². The number of carbonyl (C=O) groups is 2. The highest BCUT2D eigenvalue weighted by atomic mass is 16.5. The molecular weight excluding hydrogens is 380 g/mol. The Morgan fingerprint density at radius 2 is 1.60 bits per heavy atom. The van der Waals surface area contributed by atoms with Gasteiger partial charge in [-0.25, -0.2) is 4.90 Å². The maximum atomic E-state index is 13.4. The van der Waals surface area contributed by atoms with Crippen molar-refractivity contribution in [2.75, 3.05) is 25.1 Å². The minimum absolute atomic E-state index is 0.0380. The second kappa shape index (κ2) is 8.71. The molecule has 1 heterocycles. The molecule has 0 unspecified atom stereocenters. The molecule has 0 fully saturated rings. The highest BCUT2D eigenvalue weighted by Gasteiger charge is 2.41. The molecule has 1 N–H and O–H groups in total. The van der Waals surface area contributed by atoms with Crippen molar-refractivity contribution in [3.05, 3.63) is 64.9 Å². The van der Waals surface area contributed by atoms with E-state index in [-0.39, 0.29) is 30.9 Å². The van der Waals surface area contributed by atoms with E-state index in [1.54, 1.807) is 36.2 Å². The van der Waals surface area contributed by atoms with E-state index in [2.05, 4.69) is 0 Å². The highest BCUT2D eigenvalue weighted by molar-refractivity contribution is 6.45. The molecule has 2 amide bonds. The number of anilines is 1. The fourth-order valence-electron chi connectivity index (χ4n) is 3.68. The highest BCUT2D eigenvalue weighted by Crippen LogP contribution is 2.35. The first-order chi connectivity index (χ1) is 14.2. The lowest BCUT2D eigenvalue weighted by atomic mass is 10.0. The average molecular weight is 408 g/mol. The minimum Gasteiger partial charge on any atom is -0.491 e. The molecule has 0 atom stereocenters. The van der Waals surface area contributed by atoms with Crippen LogP contribution in [0.4, 0.5) is 5.69 Å². The van der Waals surface area contributed by atoms with Crippen molar-refractivity contribution in [2.45, 2.75) is 33.8 Å². The molecule has 0 radical (unpaired) electrons. The van der Waals surface area contributed by atoms with Crippen molar-refractivity contribution in [1.82, 2.24) is 4.90 Å². The topological polar surface area (TPSA) is 70.1 Å². The second-order valence-electron chi connectivity index (χ2n) is 7.85. The summed E-state index contributed by atoms with van der Waals surface area (Å²) in [5.41, 5.74) is 3.74. The van der Waals surface area contributed by atoms with Crippen LogP contribution in [0, 0.1) is 13.8 Å². The van der Waals surface area contributed by atoms with Gasteiger partial charge in [0.1, 0.15) is 11.4 Å². The van der Waals surface area contributed by atoms with Gasteiger partial charge in [0.05, 0.1) is 24.0 Å². The standard InChI is InChI=1S/C24H28N2O4/c1-15(2)30-20-8-6-18(7-9-20)21-22(25(5)10-11-27)24(29)26(23(21)28)19-13-16(3)12-17(4)14-19/h6-9,12-15,27H,10-11H2,1-5H3. The van der Waals surface area contributed by atoms with E-state index >= 15 is 0 Å². The van der Waals surface area contributed by atoms with Crippen LogP contribution in [0.15, 0.2) is 48.2 Å². The first-order valence-electron chi connectivity index (χ1n) is 10.0. The largest absolute Gasteiger partial charge is 0.491 e. The molecule has 0 bridgehead atoms. The average Bonchev–Trinajstić information content (AvgIpc) is 2.91. The van der Waals surface area contributed by atoms with Gasteiger partial charge in [0, 0.05) is 13.6 Å². The van der Waals surface area contributed by atoms with Gasteiger partial charge in [0.25, 0.3) is 11.8 Å². The van der Waals surface area contributed by atoms with Crippen LogP contribution in [0.2, 0.25) is 0 Å². The third-order valence-corrected chi connectivity index (χ3v) is 4.86. The summed E-state index contributed by atoms with van der Waals surface area (Å²) >= 11 is 0. The minimum atomic E-state index is -0.390.